The van der Waals surface area contributed by atoms with Crippen molar-refractivity contribution < 1.29 is 4.79 Å². The molecule has 1 heterocycles. The zero-order chi connectivity index (χ0) is 15.8. The summed E-state index contributed by atoms with van der Waals surface area (Å²) in [5, 5.41) is 5.74. The number of anilines is 1. The summed E-state index contributed by atoms with van der Waals surface area (Å²) in [6.07, 6.45) is 3.26. The van der Waals surface area contributed by atoms with Gasteiger partial charge in [0.05, 0.1) is 6.54 Å². The van der Waals surface area contributed by atoms with Crippen molar-refractivity contribution in [3.05, 3.63) is 59.9 Å². The van der Waals surface area contributed by atoms with Gasteiger partial charge >= 0.3 is 0 Å². The predicted molar refractivity (Wildman–Crippen MR) is 87.6 cm³/mol. The summed E-state index contributed by atoms with van der Waals surface area (Å²) >= 11 is 0. The molecule has 0 spiro atoms. The second-order valence-electron chi connectivity index (χ2n) is 4.62. The SMILES string of the molecule is CCNC(N)=NCc1ccc(C(=O)Nc2ccncc2)cc1. The number of aliphatic imine (C=N–C) groups is 1. The Balaban J connectivity index is 1.96. The molecule has 6 heteroatoms. The van der Waals surface area contributed by atoms with Crippen molar-refractivity contribution in [2.45, 2.75) is 13.5 Å². The number of carbonyl (C=O) groups is 1. The first-order valence-electron chi connectivity index (χ1n) is 7.03. The normalized spacial score (nSPS) is 11.0. The summed E-state index contributed by atoms with van der Waals surface area (Å²) in [5.74, 6) is 0.260. The van der Waals surface area contributed by atoms with Crippen molar-refractivity contribution in [1.29, 1.82) is 0 Å². The number of rotatable bonds is 5. The molecule has 0 saturated heterocycles. The topological polar surface area (TPSA) is 92.4 Å². The number of carbonyl (C=O) groups excluding carboxylic acids is 1. The van der Waals surface area contributed by atoms with Crippen LogP contribution in [0.4, 0.5) is 5.69 Å². The lowest BCUT2D eigenvalue weighted by molar-refractivity contribution is 0.102. The first-order valence-corrected chi connectivity index (χ1v) is 7.03. The Morgan fingerprint density at radius 1 is 1.18 bits per heavy atom. The quantitative estimate of drug-likeness (QED) is 0.579. The number of aromatic nitrogens is 1. The van der Waals surface area contributed by atoms with E-state index < -0.39 is 0 Å². The van der Waals surface area contributed by atoms with Gasteiger partial charge in [-0.25, -0.2) is 4.99 Å². The molecule has 1 aromatic heterocycles. The summed E-state index contributed by atoms with van der Waals surface area (Å²) < 4.78 is 0. The Morgan fingerprint density at radius 2 is 1.86 bits per heavy atom. The van der Waals surface area contributed by atoms with Crippen LogP contribution in [0.15, 0.2) is 53.8 Å². The molecule has 6 nitrogen and oxygen atoms in total. The van der Waals surface area contributed by atoms with Crippen LogP contribution in [-0.2, 0) is 6.54 Å². The Bertz CT molecular complexity index is 637. The van der Waals surface area contributed by atoms with Crippen LogP contribution in [0.1, 0.15) is 22.8 Å². The number of pyridine rings is 1. The predicted octanol–water partition coefficient (Wildman–Crippen LogP) is 1.76. The van der Waals surface area contributed by atoms with E-state index >= 15 is 0 Å². The lowest BCUT2D eigenvalue weighted by Gasteiger charge is -2.06. The number of hydrogen-bond donors (Lipinski definition) is 3. The summed E-state index contributed by atoms with van der Waals surface area (Å²) in [7, 11) is 0. The second kappa shape index (κ2) is 7.78. The Labute approximate surface area is 129 Å². The molecular weight excluding hydrogens is 278 g/mol. The molecule has 0 fully saturated rings. The molecule has 0 unspecified atom stereocenters. The average molecular weight is 297 g/mol. The van der Waals surface area contributed by atoms with Gasteiger partial charge in [-0.1, -0.05) is 12.1 Å². The number of amides is 1. The number of guanidine groups is 1. The number of hydrogen-bond acceptors (Lipinski definition) is 3. The second-order valence-corrected chi connectivity index (χ2v) is 4.62. The Morgan fingerprint density at radius 3 is 2.50 bits per heavy atom. The maximum atomic E-state index is 12.1. The number of nitrogens with zero attached hydrogens (tertiary/aromatic N) is 2. The van der Waals surface area contributed by atoms with E-state index in [9.17, 15) is 4.79 Å². The molecule has 0 aliphatic carbocycles. The smallest absolute Gasteiger partial charge is 0.255 e. The van der Waals surface area contributed by atoms with Crippen LogP contribution < -0.4 is 16.4 Å². The minimum Gasteiger partial charge on any atom is -0.370 e. The van der Waals surface area contributed by atoms with E-state index in [1.54, 1.807) is 36.7 Å². The van der Waals surface area contributed by atoms with Gasteiger partial charge in [0.25, 0.3) is 5.91 Å². The van der Waals surface area contributed by atoms with Crippen molar-refractivity contribution in [2.75, 3.05) is 11.9 Å². The highest BCUT2D eigenvalue weighted by Crippen LogP contribution is 2.09. The van der Waals surface area contributed by atoms with Crippen LogP contribution in [0.2, 0.25) is 0 Å². The van der Waals surface area contributed by atoms with Crippen LogP contribution in [0, 0.1) is 0 Å². The third-order valence-corrected chi connectivity index (χ3v) is 2.94. The first kappa shape index (κ1) is 15.5. The van der Waals surface area contributed by atoms with Gasteiger partial charge in [-0.2, -0.15) is 0 Å². The third kappa shape index (κ3) is 4.59. The minimum absolute atomic E-state index is 0.159. The van der Waals surface area contributed by atoms with Crippen LogP contribution >= 0.6 is 0 Å². The molecule has 2 rings (SSSR count). The maximum absolute atomic E-state index is 12.1. The molecule has 0 aliphatic heterocycles. The average Bonchev–Trinajstić information content (AvgIpc) is 2.54. The summed E-state index contributed by atoms with van der Waals surface area (Å²) in [6, 6.07) is 10.7. The molecule has 0 aliphatic rings. The highest BCUT2D eigenvalue weighted by atomic mass is 16.1. The molecule has 114 valence electrons. The van der Waals surface area contributed by atoms with Crippen molar-refractivity contribution in [3.63, 3.8) is 0 Å². The molecule has 1 aromatic carbocycles. The number of benzene rings is 1. The van der Waals surface area contributed by atoms with Gasteiger partial charge in [0.2, 0.25) is 0 Å². The minimum atomic E-state index is -0.159. The Kier molecular flexibility index (Phi) is 5.48. The van der Waals surface area contributed by atoms with Crippen molar-refractivity contribution in [3.8, 4) is 0 Å². The zero-order valence-electron chi connectivity index (χ0n) is 12.4. The monoisotopic (exact) mass is 297 g/mol. The fraction of sp³-hybridized carbons (Fsp3) is 0.188. The van der Waals surface area contributed by atoms with E-state index in [1.807, 2.05) is 19.1 Å². The van der Waals surface area contributed by atoms with Crippen molar-refractivity contribution >= 4 is 17.6 Å². The van der Waals surface area contributed by atoms with Gasteiger partial charge in [-0.3, -0.25) is 9.78 Å². The number of nitrogens with one attached hydrogen (secondary N) is 2. The highest BCUT2D eigenvalue weighted by molar-refractivity contribution is 6.04. The van der Waals surface area contributed by atoms with Gasteiger partial charge in [0.15, 0.2) is 5.96 Å². The third-order valence-electron chi connectivity index (χ3n) is 2.94. The van der Waals surface area contributed by atoms with E-state index in [2.05, 4.69) is 20.6 Å². The van der Waals surface area contributed by atoms with Gasteiger partial charge in [0, 0.05) is 30.2 Å². The molecule has 1 amide bonds. The molecule has 22 heavy (non-hydrogen) atoms. The van der Waals surface area contributed by atoms with Crippen LogP contribution in [0.3, 0.4) is 0 Å². The van der Waals surface area contributed by atoms with Crippen LogP contribution in [0.25, 0.3) is 0 Å². The lowest BCUT2D eigenvalue weighted by atomic mass is 10.1. The maximum Gasteiger partial charge on any atom is 0.255 e. The van der Waals surface area contributed by atoms with E-state index in [0.29, 0.717) is 23.8 Å². The molecule has 4 N–H and O–H groups in total. The molecule has 0 saturated carbocycles. The number of nitrogens with two attached hydrogens (primary N) is 1. The fourth-order valence-corrected chi connectivity index (χ4v) is 1.81. The fourth-order valence-electron chi connectivity index (χ4n) is 1.81. The largest absolute Gasteiger partial charge is 0.370 e. The lowest BCUT2D eigenvalue weighted by Crippen LogP contribution is -2.31. The standard InChI is InChI=1S/C16H19N5O/c1-2-19-16(17)20-11-12-3-5-13(6-4-12)15(22)21-14-7-9-18-10-8-14/h3-10H,2,11H2,1H3,(H3,17,19,20)(H,18,21,22). The van der Waals surface area contributed by atoms with E-state index in [-0.39, 0.29) is 5.91 Å². The molecule has 0 atom stereocenters. The van der Waals surface area contributed by atoms with Gasteiger partial charge in [-0.15, -0.1) is 0 Å². The summed E-state index contributed by atoms with van der Waals surface area (Å²) in [6.45, 7) is 3.17. The highest BCUT2D eigenvalue weighted by Gasteiger charge is 2.05. The molecule has 0 bridgehead atoms. The van der Waals surface area contributed by atoms with Crippen LogP contribution in [-0.4, -0.2) is 23.4 Å². The summed E-state index contributed by atoms with van der Waals surface area (Å²) in [4.78, 5) is 20.2. The van der Waals surface area contributed by atoms with E-state index in [1.165, 1.54) is 0 Å². The molecule has 2 aromatic rings. The van der Waals surface area contributed by atoms with Crippen molar-refractivity contribution in [2.24, 2.45) is 10.7 Å². The first-order chi connectivity index (χ1) is 10.7. The van der Waals surface area contributed by atoms with E-state index in [0.717, 1.165) is 12.1 Å². The van der Waals surface area contributed by atoms with Crippen molar-refractivity contribution in [1.82, 2.24) is 10.3 Å². The van der Waals surface area contributed by atoms with Gasteiger partial charge in [0.1, 0.15) is 0 Å². The molecular formula is C16H19N5O. The van der Waals surface area contributed by atoms with Gasteiger partial charge in [-0.05, 0) is 36.8 Å². The van der Waals surface area contributed by atoms with Crippen LogP contribution in [0.5, 0.6) is 0 Å². The Hall–Kier alpha value is -2.89. The summed E-state index contributed by atoms with van der Waals surface area (Å²) in [5.41, 5.74) is 7.96. The zero-order valence-corrected chi connectivity index (χ0v) is 12.4. The molecule has 0 radical (unpaired) electrons. The van der Waals surface area contributed by atoms with Gasteiger partial charge < -0.3 is 16.4 Å². The van der Waals surface area contributed by atoms with E-state index in [4.69, 9.17) is 5.73 Å².